The highest BCUT2D eigenvalue weighted by Gasteiger charge is 2.28. The highest BCUT2D eigenvalue weighted by molar-refractivity contribution is 7.99. The molecule has 0 spiro atoms. The van der Waals surface area contributed by atoms with Crippen LogP contribution in [-0.4, -0.2) is 64.8 Å². The van der Waals surface area contributed by atoms with Crippen LogP contribution in [0.4, 0.5) is 10.6 Å². The molecule has 1 saturated heterocycles. The first-order chi connectivity index (χ1) is 14.5. The number of amides is 3. The van der Waals surface area contributed by atoms with Gasteiger partial charge in [0.25, 0.3) is 0 Å². The van der Waals surface area contributed by atoms with Crippen molar-refractivity contribution < 1.29 is 14.0 Å². The van der Waals surface area contributed by atoms with Gasteiger partial charge in [-0.25, -0.2) is 14.8 Å². The summed E-state index contributed by atoms with van der Waals surface area (Å²) in [6.45, 7) is 6.71. The zero-order chi connectivity index (χ0) is 21.5. The number of halogens is 1. The number of hydrogen-bond donors (Lipinski definition) is 2. The first-order valence-corrected chi connectivity index (χ1v) is 11.1. The standard InChI is InChI=1S/C19H25ClN6O3S/c1-3-21-19(28)26-7-6-25(11-13(26)2)16-9-15(20)23-18(24-16)30-12-17(27)22-10-14-5-4-8-29-14/h4-5,8-9,13H,3,6-7,10-12H2,1-2H3,(H,21,28)(H,22,27). The third kappa shape index (κ3) is 6.02. The van der Waals surface area contributed by atoms with E-state index in [0.717, 1.165) is 0 Å². The van der Waals surface area contributed by atoms with Crippen molar-refractivity contribution in [3.05, 3.63) is 35.4 Å². The van der Waals surface area contributed by atoms with Crippen LogP contribution < -0.4 is 15.5 Å². The van der Waals surface area contributed by atoms with Gasteiger partial charge in [-0.2, -0.15) is 0 Å². The van der Waals surface area contributed by atoms with Crippen LogP contribution in [0.1, 0.15) is 19.6 Å². The van der Waals surface area contributed by atoms with Crippen LogP contribution in [0.25, 0.3) is 0 Å². The van der Waals surface area contributed by atoms with Gasteiger partial charge in [-0.15, -0.1) is 0 Å². The van der Waals surface area contributed by atoms with E-state index >= 15 is 0 Å². The van der Waals surface area contributed by atoms with Crippen molar-refractivity contribution >= 4 is 41.1 Å². The molecule has 0 saturated carbocycles. The lowest BCUT2D eigenvalue weighted by Gasteiger charge is -2.40. The van der Waals surface area contributed by atoms with Crippen LogP contribution in [0.15, 0.2) is 34.0 Å². The topological polar surface area (TPSA) is 104 Å². The molecule has 9 nitrogen and oxygen atoms in total. The van der Waals surface area contributed by atoms with E-state index in [1.165, 1.54) is 11.8 Å². The highest BCUT2D eigenvalue weighted by Crippen LogP contribution is 2.24. The molecule has 1 unspecified atom stereocenters. The molecule has 0 aromatic carbocycles. The van der Waals surface area contributed by atoms with E-state index in [0.29, 0.717) is 54.6 Å². The molecule has 1 atom stereocenters. The molecule has 2 aromatic heterocycles. The Morgan fingerprint density at radius 3 is 2.87 bits per heavy atom. The number of carbonyl (C=O) groups is 2. The Morgan fingerprint density at radius 2 is 2.17 bits per heavy atom. The summed E-state index contributed by atoms with van der Waals surface area (Å²) in [6, 6.07) is 5.25. The number of carbonyl (C=O) groups excluding carboxylic acids is 2. The maximum absolute atomic E-state index is 12.1. The summed E-state index contributed by atoms with van der Waals surface area (Å²) in [5.74, 6) is 1.40. The molecule has 3 amide bonds. The van der Waals surface area contributed by atoms with Crippen LogP contribution >= 0.6 is 23.4 Å². The largest absolute Gasteiger partial charge is 0.467 e. The molecule has 1 aliphatic heterocycles. The van der Waals surface area contributed by atoms with Crippen LogP contribution in [0.5, 0.6) is 0 Å². The molecule has 162 valence electrons. The number of urea groups is 1. The fourth-order valence-electron chi connectivity index (χ4n) is 3.11. The second-order valence-corrected chi connectivity index (χ2v) is 8.13. The van der Waals surface area contributed by atoms with Gasteiger partial charge in [-0.3, -0.25) is 4.79 Å². The number of aromatic nitrogens is 2. The Hall–Kier alpha value is -2.46. The fraction of sp³-hybridized carbons (Fsp3) is 0.474. The maximum Gasteiger partial charge on any atom is 0.317 e. The van der Waals surface area contributed by atoms with E-state index in [4.69, 9.17) is 16.0 Å². The van der Waals surface area contributed by atoms with Gasteiger partial charge in [0.2, 0.25) is 5.91 Å². The first kappa shape index (κ1) is 22.2. The van der Waals surface area contributed by atoms with Crippen LogP contribution in [0.3, 0.4) is 0 Å². The van der Waals surface area contributed by atoms with Gasteiger partial charge in [0, 0.05) is 38.3 Å². The first-order valence-electron chi connectivity index (χ1n) is 9.72. The molecule has 11 heteroatoms. The smallest absolute Gasteiger partial charge is 0.317 e. The van der Waals surface area contributed by atoms with Gasteiger partial charge in [-0.05, 0) is 26.0 Å². The van der Waals surface area contributed by atoms with E-state index < -0.39 is 0 Å². The van der Waals surface area contributed by atoms with Crippen LogP contribution in [-0.2, 0) is 11.3 Å². The molecule has 1 aliphatic rings. The summed E-state index contributed by atoms with van der Waals surface area (Å²) in [5, 5.41) is 6.37. The number of anilines is 1. The predicted octanol–water partition coefficient (Wildman–Crippen LogP) is 2.37. The molecule has 2 N–H and O–H groups in total. The summed E-state index contributed by atoms with van der Waals surface area (Å²) < 4.78 is 5.19. The molecule has 3 rings (SSSR count). The Kier molecular flexibility index (Phi) is 7.81. The van der Waals surface area contributed by atoms with Crippen LogP contribution in [0, 0.1) is 0 Å². The van der Waals surface area contributed by atoms with E-state index in [9.17, 15) is 9.59 Å². The van der Waals surface area contributed by atoms with Crippen molar-refractivity contribution in [2.75, 3.05) is 36.8 Å². The summed E-state index contributed by atoms with van der Waals surface area (Å²) in [7, 11) is 0. The van der Waals surface area contributed by atoms with Gasteiger partial charge >= 0.3 is 6.03 Å². The second kappa shape index (κ2) is 10.5. The molecular weight excluding hydrogens is 428 g/mol. The van der Waals surface area contributed by atoms with Crippen molar-refractivity contribution in [3.63, 3.8) is 0 Å². The van der Waals surface area contributed by atoms with Gasteiger partial charge in [0.15, 0.2) is 5.16 Å². The number of thioether (sulfide) groups is 1. The Labute approximate surface area is 184 Å². The average Bonchev–Trinajstić information content (AvgIpc) is 3.24. The summed E-state index contributed by atoms with van der Waals surface area (Å²) in [5.41, 5.74) is 0. The number of rotatable bonds is 7. The van der Waals surface area contributed by atoms with Crippen molar-refractivity contribution in [1.29, 1.82) is 0 Å². The number of piperazine rings is 1. The molecule has 1 fully saturated rings. The molecule has 0 aliphatic carbocycles. The predicted molar refractivity (Wildman–Crippen MR) is 116 cm³/mol. The number of hydrogen-bond acceptors (Lipinski definition) is 7. The molecule has 0 radical (unpaired) electrons. The van der Waals surface area contributed by atoms with E-state index in [1.54, 1.807) is 24.5 Å². The summed E-state index contributed by atoms with van der Waals surface area (Å²) in [6.07, 6.45) is 1.56. The minimum Gasteiger partial charge on any atom is -0.467 e. The Balaban J connectivity index is 1.56. The monoisotopic (exact) mass is 452 g/mol. The lowest BCUT2D eigenvalue weighted by Crippen LogP contribution is -2.56. The minimum atomic E-state index is -0.148. The lowest BCUT2D eigenvalue weighted by atomic mass is 10.2. The third-order valence-corrected chi connectivity index (χ3v) is 5.61. The Morgan fingerprint density at radius 1 is 1.33 bits per heavy atom. The average molecular weight is 453 g/mol. The molecular formula is C19H25ClN6O3S. The number of nitrogens with one attached hydrogen (secondary N) is 2. The van der Waals surface area contributed by atoms with Gasteiger partial charge in [0.05, 0.1) is 18.6 Å². The second-order valence-electron chi connectivity index (χ2n) is 6.80. The van der Waals surface area contributed by atoms with Gasteiger partial charge < -0.3 is 24.9 Å². The van der Waals surface area contributed by atoms with Crippen molar-refractivity contribution in [1.82, 2.24) is 25.5 Å². The minimum absolute atomic E-state index is 0.0301. The summed E-state index contributed by atoms with van der Waals surface area (Å²) in [4.78, 5) is 36.9. The molecule has 3 heterocycles. The van der Waals surface area contributed by atoms with Crippen molar-refractivity contribution in [2.24, 2.45) is 0 Å². The maximum atomic E-state index is 12.1. The highest BCUT2D eigenvalue weighted by atomic mass is 35.5. The van der Waals surface area contributed by atoms with Crippen LogP contribution in [0.2, 0.25) is 5.15 Å². The zero-order valence-electron chi connectivity index (χ0n) is 16.9. The van der Waals surface area contributed by atoms with Crippen molar-refractivity contribution in [3.8, 4) is 0 Å². The molecule has 2 aromatic rings. The van der Waals surface area contributed by atoms with E-state index in [2.05, 4.69) is 25.5 Å². The van der Waals surface area contributed by atoms with E-state index in [1.807, 2.05) is 18.7 Å². The molecule has 30 heavy (non-hydrogen) atoms. The quantitative estimate of drug-likeness (QED) is 0.377. The lowest BCUT2D eigenvalue weighted by molar-refractivity contribution is -0.118. The molecule has 0 bridgehead atoms. The summed E-state index contributed by atoms with van der Waals surface area (Å²) >= 11 is 7.41. The normalized spacial score (nSPS) is 16.4. The van der Waals surface area contributed by atoms with E-state index in [-0.39, 0.29) is 23.7 Å². The van der Waals surface area contributed by atoms with Crippen molar-refractivity contribution in [2.45, 2.75) is 31.6 Å². The van der Waals surface area contributed by atoms with Gasteiger partial charge in [0.1, 0.15) is 16.7 Å². The van der Waals surface area contributed by atoms with Gasteiger partial charge in [-0.1, -0.05) is 23.4 Å². The zero-order valence-corrected chi connectivity index (χ0v) is 18.5. The third-order valence-electron chi connectivity index (χ3n) is 4.57. The number of nitrogens with zero attached hydrogens (tertiary/aromatic N) is 4. The fourth-order valence-corrected chi connectivity index (χ4v) is 4.02. The SMILES string of the molecule is CCNC(=O)N1CCN(c2cc(Cl)nc(SCC(=O)NCc3ccco3)n2)CC1C. The Bertz CT molecular complexity index is 866. The number of furan rings is 1.